The molecule has 6 unspecified atom stereocenters. The molecule has 13 atom stereocenters. The second-order valence-corrected chi connectivity index (χ2v) is 13.5. The fraction of sp³-hybridized carbons (Fsp3) is 0.875. The molecule has 3 fully saturated rings. The highest BCUT2D eigenvalue weighted by atomic mass is 16.7. The van der Waals surface area contributed by atoms with Crippen molar-refractivity contribution in [3.63, 3.8) is 0 Å². The molecule has 3 saturated heterocycles. The lowest BCUT2D eigenvalue weighted by Gasteiger charge is -2.44. The molecule has 0 spiro atoms. The molecule has 252 valence electrons. The number of rotatable bonds is 5. The van der Waals surface area contributed by atoms with E-state index in [-0.39, 0.29) is 35.7 Å². The predicted molar refractivity (Wildman–Crippen MR) is 164 cm³/mol. The summed E-state index contributed by atoms with van der Waals surface area (Å²) in [5.41, 5.74) is -0.496. The molecule has 44 heavy (non-hydrogen) atoms. The van der Waals surface area contributed by atoms with Crippen LogP contribution in [0.3, 0.4) is 0 Å². The van der Waals surface area contributed by atoms with Crippen LogP contribution in [0.4, 0.5) is 4.79 Å². The van der Waals surface area contributed by atoms with Gasteiger partial charge >= 0.3 is 12.1 Å². The van der Waals surface area contributed by atoms with E-state index < -0.39 is 60.1 Å². The molecule has 0 aromatic rings. The zero-order chi connectivity index (χ0) is 33.3. The molecule has 0 aromatic heterocycles. The van der Waals surface area contributed by atoms with Crippen LogP contribution < -0.4 is 0 Å². The highest BCUT2D eigenvalue weighted by molar-refractivity contribution is 6.00. The topological polar surface area (TPSA) is 136 Å². The Morgan fingerprint density at radius 2 is 1.68 bits per heavy atom. The van der Waals surface area contributed by atoms with Gasteiger partial charge in [0.1, 0.15) is 25.2 Å². The number of oxime groups is 1. The van der Waals surface area contributed by atoms with Gasteiger partial charge in [-0.1, -0.05) is 32.9 Å². The lowest BCUT2D eigenvalue weighted by Crippen LogP contribution is -2.57. The molecule has 0 saturated carbocycles. The van der Waals surface area contributed by atoms with Gasteiger partial charge in [-0.2, -0.15) is 0 Å². The molecule has 3 aliphatic heterocycles. The highest BCUT2D eigenvalue weighted by Gasteiger charge is 2.58. The fourth-order valence-electron chi connectivity index (χ4n) is 7.47. The Bertz CT molecular complexity index is 1070. The van der Waals surface area contributed by atoms with Gasteiger partial charge in [0.15, 0.2) is 17.7 Å². The number of hydrogen-bond donors (Lipinski definition) is 1. The van der Waals surface area contributed by atoms with Gasteiger partial charge in [0.05, 0.1) is 24.0 Å². The van der Waals surface area contributed by atoms with E-state index in [1.54, 1.807) is 25.7 Å². The van der Waals surface area contributed by atoms with Crippen LogP contribution in [-0.2, 0) is 33.4 Å². The van der Waals surface area contributed by atoms with E-state index in [0.717, 1.165) is 0 Å². The Kier molecular flexibility index (Phi) is 11.9. The molecule has 1 N–H and O–H groups in total. The summed E-state index contributed by atoms with van der Waals surface area (Å²) in [6, 6.07) is -0.712. The van der Waals surface area contributed by atoms with E-state index in [9.17, 15) is 19.5 Å². The number of Topliss-reactive ketones (excluding diaryl/α,β-unsaturated/α-hetero) is 1. The maximum atomic E-state index is 13.9. The van der Waals surface area contributed by atoms with E-state index in [2.05, 4.69) is 5.16 Å². The number of ketones is 1. The summed E-state index contributed by atoms with van der Waals surface area (Å²) < 4.78 is 24.4. The Labute approximate surface area is 262 Å². The van der Waals surface area contributed by atoms with Crippen LogP contribution in [-0.4, -0.2) is 115 Å². The molecule has 0 aromatic carbocycles. The van der Waals surface area contributed by atoms with Crippen molar-refractivity contribution >= 4 is 23.6 Å². The van der Waals surface area contributed by atoms with E-state index in [1.165, 1.54) is 14.0 Å². The minimum atomic E-state index is -1.21. The third-order valence-electron chi connectivity index (χ3n) is 10.1. The Morgan fingerprint density at radius 1 is 1.05 bits per heavy atom. The number of aliphatic hydroxyl groups is 1. The summed E-state index contributed by atoms with van der Waals surface area (Å²) >= 11 is 0. The van der Waals surface area contributed by atoms with Crippen LogP contribution in [0.15, 0.2) is 5.16 Å². The molecule has 12 heteroatoms. The first-order chi connectivity index (χ1) is 20.5. The highest BCUT2D eigenvalue weighted by Crippen LogP contribution is 2.41. The summed E-state index contributed by atoms with van der Waals surface area (Å²) in [5, 5.41) is 15.7. The minimum Gasteiger partial charge on any atom is -0.458 e. The van der Waals surface area contributed by atoms with Gasteiger partial charge in [-0.05, 0) is 73.4 Å². The molecule has 0 bridgehead atoms. The van der Waals surface area contributed by atoms with Crippen molar-refractivity contribution in [1.82, 2.24) is 9.80 Å². The Hall–Kier alpha value is -2.28. The predicted octanol–water partition coefficient (Wildman–Crippen LogP) is 3.48. The van der Waals surface area contributed by atoms with Crippen LogP contribution in [0.25, 0.3) is 0 Å². The molecule has 12 nitrogen and oxygen atoms in total. The summed E-state index contributed by atoms with van der Waals surface area (Å²) in [4.78, 5) is 49.3. The van der Waals surface area contributed by atoms with Crippen molar-refractivity contribution in [2.75, 3.05) is 27.7 Å². The van der Waals surface area contributed by atoms with Gasteiger partial charge in [0, 0.05) is 24.4 Å². The lowest BCUT2D eigenvalue weighted by atomic mass is 9.74. The van der Waals surface area contributed by atoms with Gasteiger partial charge < -0.3 is 38.7 Å². The van der Waals surface area contributed by atoms with Crippen molar-refractivity contribution in [2.45, 2.75) is 124 Å². The number of hydrogen-bond acceptors (Lipinski definition) is 11. The van der Waals surface area contributed by atoms with Crippen molar-refractivity contribution in [3.8, 4) is 0 Å². The molecule has 3 heterocycles. The second kappa shape index (κ2) is 14.4. The van der Waals surface area contributed by atoms with E-state index in [4.69, 9.17) is 23.8 Å². The maximum absolute atomic E-state index is 13.9. The Morgan fingerprint density at radius 3 is 2.25 bits per heavy atom. The molecule has 0 radical (unpaired) electrons. The fourth-order valence-corrected chi connectivity index (χ4v) is 7.47. The van der Waals surface area contributed by atoms with Gasteiger partial charge in [-0.3, -0.25) is 9.59 Å². The normalized spacial score (nSPS) is 43.8. The average molecular weight is 626 g/mol. The Balaban J connectivity index is 2.07. The lowest BCUT2D eigenvalue weighted by molar-refractivity contribution is -0.278. The van der Waals surface area contributed by atoms with Gasteiger partial charge in [0.2, 0.25) is 0 Å². The molecule has 1 amide bonds. The van der Waals surface area contributed by atoms with E-state index in [0.29, 0.717) is 25.1 Å². The number of aliphatic hydroxyl groups excluding tert-OH is 1. The second-order valence-electron chi connectivity index (χ2n) is 13.5. The maximum Gasteiger partial charge on any atom is 0.410 e. The van der Waals surface area contributed by atoms with Gasteiger partial charge in [-0.15, -0.1) is 0 Å². The zero-order valence-corrected chi connectivity index (χ0v) is 28.6. The average Bonchev–Trinajstić information content (AvgIpc) is 3.23. The van der Waals surface area contributed by atoms with Crippen LogP contribution in [0, 0.1) is 29.6 Å². The molecule has 0 aliphatic carbocycles. The number of fused-ring (bicyclic) bond motifs is 1. The SMILES string of the molecule is CCN1C(=O)OC2(C)C1[C@@H](C)/C(=N\OC)[C@H](C)C[C@H](C)C(OC1O[C@H](C)CC(N(C)C)C1O)[C@H](C)C(=O)[C@@H](C)C(=O)O[C@@H]2C. The number of carbonyl (C=O) groups excluding carboxylic acids is 3. The van der Waals surface area contributed by atoms with Crippen LogP contribution in [0.5, 0.6) is 0 Å². The molecule has 3 aliphatic rings. The van der Waals surface area contributed by atoms with E-state index >= 15 is 0 Å². The first kappa shape index (κ1) is 36.2. The van der Waals surface area contributed by atoms with Crippen LogP contribution >= 0.6 is 0 Å². The number of nitrogens with zero attached hydrogens (tertiary/aromatic N) is 3. The monoisotopic (exact) mass is 625 g/mol. The number of cyclic esters (lactones) is 1. The smallest absolute Gasteiger partial charge is 0.410 e. The standard InChI is InChI=1S/C32H55N3O9/c1-13-35-28-19(5)24(33-40-12)16(2)14-17(3)27(43-30-26(37)23(34(10)11)15-18(4)41-30)20(6)25(36)21(7)29(38)42-22(8)32(28,9)44-31(35)39/h16-23,26-28,30,37H,13-15H2,1-12H3/b33-24-/t16-,17+,18-,19+,20-,21-,22-,23?,26?,27?,28?,30?,32?/m1/s1. The summed E-state index contributed by atoms with van der Waals surface area (Å²) in [5.74, 6) is -3.59. The van der Waals surface area contributed by atoms with Crippen molar-refractivity contribution in [2.24, 2.45) is 34.7 Å². The zero-order valence-electron chi connectivity index (χ0n) is 28.6. The van der Waals surface area contributed by atoms with Crippen molar-refractivity contribution < 1.29 is 43.3 Å². The summed E-state index contributed by atoms with van der Waals surface area (Å²) in [6.45, 7) is 16.9. The van der Waals surface area contributed by atoms with Gasteiger partial charge in [0.25, 0.3) is 0 Å². The third kappa shape index (κ3) is 7.08. The largest absolute Gasteiger partial charge is 0.458 e. The number of amides is 1. The number of ether oxygens (including phenoxy) is 4. The molecular weight excluding hydrogens is 570 g/mol. The van der Waals surface area contributed by atoms with Crippen molar-refractivity contribution in [1.29, 1.82) is 0 Å². The minimum absolute atomic E-state index is 0.157. The number of carbonyl (C=O) groups is 3. The van der Waals surface area contributed by atoms with Crippen molar-refractivity contribution in [3.05, 3.63) is 0 Å². The number of esters is 1. The van der Waals surface area contributed by atoms with E-state index in [1.807, 2.05) is 53.6 Å². The quantitative estimate of drug-likeness (QED) is 0.275. The first-order valence-corrected chi connectivity index (χ1v) is 16.0. The third-order valence-corrected chi connectivity index (χ3v) is 10.1. The number of likely N-dealkylation sites (N-methyl/N-ethyl adjacent to an activating group) is 2. The van der Waals surface area contributed by atoms with Crippen LogP contribution in [0.2, 0.25) is 0 Å². The van der Waals surface area contributed by atoms with Gasteiger partial charge in [-0.25, -0.2) is 4.79 Å². The molecule has 3 rings (SSSR count). The summed E-state index contributed by atoms with van der Waals surface area (Å²) in [7, 11) is 5.29. The van der Waals surface area contributed by atoms with Crippen LogP contribution in [0.1, 0.15) is 75.2 Å². The summed E-state index contributed by atoms with van der Waals surface area (Å²) in [6.07, 6.45) is -2.94. The first-order valence-electron chi connectivity index (χ1n) is 16.0. The molecular formula is C32H55N3O9.